The number of ether oxygens (including phenoxy) is 3. The molecule has 1 aliphatic carbocycles. The molecule has 1 saturated heterocycles. The Morgan fingerprint density at radius 2 is 1.66 bits per heavy atom. The number of carbonyl (C=O) groups is 1. The van der Waals surface area contributed by atoms with Gasteiger partial charge in [0.2, 0.25) is 0 Å². The van der Waals surface area contributed by atoms with Gasteiger partial charge in [0, 0.05) is 11.5 Å². The van der Waals surface area contributed by atoms with Crippen molar-refractivity contribution in [1.29, 1.82) is 0 Å². The van der Waals surface area contributed by atoms with Gasteiger partial charge in [-0.3, -0.25) is 0 Å². The van der Waals surface area contributed by atoms with Crippen LogP contribution in [0.15, 0.2) is 18.2 Å². The maximum atomic E-state index is 14.7. The van der Waals surface area contributed by atoms with E-state index in [1.165, 1.54) is 44.6 Å². The summed E-state index contributed by atoms with van der Waals surface area (Å²) in [5.41, 5.74) is 0.597. The topological polar surface area (TPSA) is 44.8 Å². The molecule has 180 valence electrons. The van der Waals surface area contributed by atoms with Crippen LogP contribution in [0.1, 0.15) is 113 Å². The van der Waals surface area contributed by atoms with Crippen molar-refractivity contribution in [3.05, 3.63) is 35.1 Å². The van der Waals surface area contributed by atoms with E-state index in [0.717, 1.165) is 44.4 Å². The summed E-state index contributed by atoms with van der Waals surface area (Å²) in [6.07, 6.45) is 13.3. The zero-order valence-corrected chi connectivity index (χ0v) is 20.0. The van der Waals surface area contributed by atoms with E-state index < -0.39 is 18.1 Å². The van der Waals surface area contributed by atoms with E-state index in [4.69, 9.17) is 14.2 Å². The van der Waals surface area contributed by atoms with Gasteiger partial charge >= 0.3 is 5.97 Å². The van der Waals surface area contributed by atoms with E-state index in [-0.39, 0.29) is 11.7 Å². The predicted octanol–water partition coefficient (Wildman–Crippen LogP) is 7.36. The van der Waals surface area contributed by atoms with Crippen LogP contribution in [0.2, 0.25) is 0 Å². The van der Waals surface area contributed by atoms with Crippen molar-refractivity contribution in [2.24, 2.45) is 11.8 Å². The molecule has 0 atom stereocenters. The second kappa shape index (κ2) is 13.3. The van der Waals surface area contributed by atoms with Crippen LogP contribution in [-0.2, 0) is 14.2 Å². The van der Waals surface area contributed by atoms with E-state index in [2.05, 4.69) is 13.8 Å². The average Bonchev–Trinajstić information content (AvgIpc) is 2.81. The Labute approximate surface area is 193 Å². The van der Waals surface area contributed by atoms with E-state index in [0.29, 0.717) is 24.7 Å². The molecule has 0 spiro atoms. The molecule has 5 heteroatoms. The third-order valence-corrected chi connectivity index (χ3v) is 6.94. The fourth-order valence-electron chi connectivity index (χ4n) is 4.94. The van der Waals surface area contributed by atoms with Gasteiger partial charge < -0.3 is 14.2 Å². The lowest BCUT2D eigenvalue weighted by Crippen LogP contribution is -2.27. The van der Waals surface area contributed by atoms with Crippen LogP contribution in [0.5, 0.6) is 0 Å². The second-order valence-electron chi connectivity index (χ2n) is 9.64. The molecule has 0 radical (unpaired) electrons. The van der Waals surface area contributed by atoms with Crippen molar-refractivity contribution < 1.29 is 23.4 Å². The number of benzene rings is 1. The Bertz CT molecular complexity index is 691. The summed E-state index contributed by atoms with van der Waals surface area (Å²) in [5.74, 6) is 0.206. The van der Waals surface area contributed by atoms with Gasteiger partial charge in [-0.05, 0) is 50.2 Å². The molecule has 3 rings (SSSR count). The van der Waals surface area contributed by atoms with E-state index in [1.807, 2.05) is 0 Å². The van der Waals surface area contributed by atoms with Crippen LogP contribution < -0.4 is 0 Å². The van der Waals surface area contributed by atoms with Gasteiger partial charge in [0.15, 0.2) is 6.29 Å². The van der Waals surface area contributed by atoms with Crippen molar-refractivity contribution in [3.63, 3.8) is 0 Å². The monoisotopic (exact) mass is 448 g/mol. The normalized spacial score (nSPS) is 26.1. The van der Waals surface area contributed by atoms with Crippen molar-refractivity contribution in [1.82, 2.24) is 0 Å². The highest BCUT2D eigenvalue weighted by Gasteiger charge is 2.27. The van der Waals surface area contributed by atoms with Gasteiger partial charge in [0.1, 0.15) is 11.9 Å². The highest BCUT2D eigenvalue weighted by molar-refractivity contribution is 5.89. The smallest absolute Gasteiger partial charge is 0.338 e. The molecule has 2 aliphatic rings. The molecular formula is C27H41FO4. The molecule has 1 aromatic rings. The Morgan fingerprint density at radius 1 is 0.938 bits per heavy atom. The standard InChI is InChI=1S/C27H41FO4/c1-3-5-6-7-8-10-20-11-14-23(15-12-20)32-26(29)22-13-16-24(25(28)17-22)27-30-18-21(9-4-2)19-31-27/h13,16-17,20-21,23,27H,3-12,14-15,18-19H2,1-2H3. The van der Waals surface area contributed by atoms with Crippen LogP contribution in [0, 0.1) is 17.7 Å². The Kier molecular flexibility index (Phi) is 10.5. The van der Waals surface area contributed by atoms with E-state index >= 15 is 0 Å². The molecule has 1 saturated carbocycles. The van der Waals surface area contributed by atoms with Crippen LogP contribution >= 0.6 is 0 Å². The Morgan fingerprint density at radius 3 is 2.31 bits per heavy atom. The molecule has 0 aromatic heterocycles. The van der Waals surface area contributed by atoms with Crippen molar-refractivity contribution in [3.8, 4) is 0 Å². The third kappa shape index (κ3) is 7.55. The molecule has 0 N–H and O–H groups in total. The lowest BCUT2D eigenvalue weighted by molar-refractivity contribution is -0.207. The average molecular weight is 449 g/mol. The van der Waals surface area contributed by atoms with Gasteiger partial charge in [-0.25, -0.2) is 9.18 Å². The number of rotatable bonds is 11. The van der Waals surface area contributed by atoms with E-state index in [9.17, 15) is 9.18 Å². The Balaban J connectivity index is 1.42. The first-order valence-corrected chi connectivity index (χ1v) is 12.8. The maximum absolute atomic E-state index is 14.7. The molecule has 2 fully saturated rings. The molecule has 0 amide bonds. The molecule has 0 unspecified atom stereocenters. The molecule has 0 bridgehead atoms. The first kappa shape index (κ1) is 25.2. The maximum Gasteiger partial charge on any atom is 0.338 e. The molecule has 32 heavy (non-hydrogen) atoms. The summed E-state index contributed by atoms with van der Waals surface area (Å²) in [5, 5.41) is 0. The highest BCUT2D eigenvalue weighted by Crippen LogP contribution is 2.32. The number of unbranched alkanes of at least 4 members (excludes halogenated alkanes) is 4. The number of halogens is 1. The van der Waals surface area contributed by atoms with Gasteiger partial charge in [0.05, 0.1) is 18.8 Å². The number of carbonyl (C=O) groups excluding carboxylic acids is 1. The summed E-state index contributed by atoms with van der Waals surface area (Å²) in [7, 11) is 0. The van der Waals surface area contributed by atoms with Crippen molar-refractivity contribution >= 4 is 5.97 Å². The number of hydrogen-bond acceptors (Lipinski definition) is 4. The van der Waals surface area contributed by atoms with Gasteiger partial charge in [-0.1, -0.05) is 64.9 Å². The van der Waals surface area contributed by atoms with Gasteiger partial charge in [-0.15, -0.1) is 0 Å². The van der Waals surface area contributed by atoms with Crippen molar-refractivity contribution in [2.75, 3.05) is 13.2 Å². The quantitative estimate of drug-likeness (QED) is 0.262. The largest absolute Gasteiger partial charge is 0.459 e. The Hall–Kier alpha value is -1.46. The minimum absolute atomic E-state index is 0.0536. The van der Waals surface area contributed by atoms with Crippen LogP contribution in [-0.4, -0.2) is 25.3 Å². The number of hydrogen-bond donors (Lipinski definition) is 0. The first-order valence-electron chi connectivity index (χ1n) is 12.8. The minimum atomic E-state index is -0.703. The van der Waals surface area contributed by atoms with Crippen LogP contribution in [0.3, 0.4) is 0 Å². The molecular weight excluding hydrogens is 407 g/mol. The molecule has 1 aromatic carbocycles. The lowest BCUT2D eigenvalue weighted by Gasteiger charge is -2.30. The lowest BCUT2D eigenvalue weighted by atomic mass is 9.84. The van der Waals surface area contributed by atoms with E-state index in [1.54, 1.807) is 12.1 Å². The molecule has 4 nitrogen and oxygen atoms in total. The summed E-state index contributed by atoms with van der Waals surface area (Å²) in [6.45, 7) is 5.52. The van der Waals surface area contributed by atoms with Crippen LogP contribution in [0.4, 0.5) is 4.39 Å². The molecule has 1 heterocycles. The summed E-state index contributed by atoms with van der Waals surface area (Å²) < 4.78 is 31.8. The van der Waals surface area contributed by atoms with Crippen molar-refractivity contribution in [2.45, 2.75) is 103 Å². The zero-order valence-electron chi connectivity index (χ0n) is 20.0. The summed E-state index contributed by atoms with van der Waals surface area (Å²) in [4.78, 5) is 12.6. The minimum Gasteiger partial charge on any atom is -0.459 e. The summed E-state index contributed by atoms with van der Waals surface area (Å²) in [6, 6.07) is 4.46. The fraction of sp³-hybridized carbons (Fsp3) is 0.741. The summed E-state index contributed by atoms with van der Waals surface area (Å²) >= 11 is 0. The fourth-order valence-corrected chi connectivity index (χ4v) is 4.94. The van der Waals surface area contributed by atoms with Crippen LogP contribution in [0.25, 0.3) is 0 Å². The number of esters is 1. The third-order valence-electron chi connectivity index (χ3n) is 6.94. The highest BCUT2D eigenvalue weighted by atomic mass is 19.1. The first-order chi connectivity index (χ1) is 15.6. The SMILES string of the molecule is CCCCCCCC1CCC(OC(=O)c2ccc(C3OCC(CCC)CO3)c(F)c2)CC1. The molecule has 1 aliphatic heterocycles. The van der Waals surface area contributed by atoms with Gasteiger partial charge in [-0.2, -0.15) is 0 Å². The predicted molar refractivity (Wildman–Crippen MR) is 124 cm³/mol. The second-order valence-corrected chi connectivity index (χ2v) is 9.64. The van der Waals surface area contributed by atoms with Gasteiger partial charge in [0.25, 0.3) is 0 Å². The zero-order chi connectivity index (χ0) is 22.8.